The number of rotatable bonds is 13. The zero-order valence-electron chi connectivity index (χ0n) is 19.4. The molecule has 0 saturated heterocycles. The molecule has 0 unspecified atom stereocenters. The molecule has 0 bridgehead atoms. The molecule has 0 aliphatic heterocycles. The van der Waals surface area contributed by atoms with Crippen LogP contribution in [-0.4, -0.2) is 44.3 Å². The average molecular weight is 467 g/mol. The van der Waals surface area contributed by atoms with Crippen molar-refractivity contribution in [1.82, 2.24) is 25.1 Å². The molecule has 3 aromatic rings. The summed E-state index contributed by atoms with van der Waals surface area (Å²) in [5.74, 6) is 2.51. The molecule has 2 aromatic heterocycles. The van der Waals surface area contributed by atoms with E-state index in [0.717, 1.165) is 61.4 Å². The maximum atomic E-state index is 12.9. The molecule has 2 saturated carbocycles. The molecule has 8 nitrogen and oxygen atoms in total. The Hall–Kier alpha value is -3.10. The molecular formula is C25H31FN6O2. The van der Waals surface area contributed by atoms with Crippen molar-refractivity contribution >= 4 is 11.6 Å². The second kappa shape index (κ2) is 10.4. The summed E-state index contributed by atoms with van der Waals surface area (Å²) in [6.45, 7) is 0.0892. The van der Waals surface area contributed by atoms with Gasteiger partial charge in [-0.25, -0.2) is 4.68 Å². The van der Waals surface area contributed by atoms with Gasteiger partial charge in [-0.3, -0.25) is 9.18 Å². The number of alkyl halides is 1. The van der Waals surface area contributed by atoms with Crippen LogP contribution in [-0.2, 0) is 11.2 Å². The third kappa shape index (κ3) is 5.69. The number of nitrogens with zero attached hydrogens (tertiary/aromatic N) is 6. The van der Waals surface area contributed by atoms with Gasteiger partial charge in [0.1, 0.15) is 0 Å². The van der Waals surface area contributed by atoms with E-state index in [1.54, 1.807) is 9.58 Å². The Labute approximate surface area is 198 Å². The van der Waals surface area contributed by atoms with Gasteiger partial charge in [0.15, 0.2) is 5.82 Å². The van der Waals surface area contributed by atoms with E-state index in [1.165, 1.54) is 12.8 Å². The number of anilines is 1. The number of hydrogen-bond acceptors (Lipinski definition) is 6. The van der Waals surface area contributed by atoms with Gasteiger partial charge in [-0.05, 0) is 63.1 Å². The number of carbonyl (C=O) groups is 1. The van der Waals surface area contributed by atoms with Gasteiger partial charge >= 0.3 is 0 Å². The predicted octanol–water partition coefficient (Wildman–Crippen LogP) is 4.90. The van der Waals surface area contributed by atoms with Gasteiger partial charge in [0.05, 0.1) is 24.3 Å². The molecule has 2 aliphatic rings. The Morgan fingerprint density at radius 3 is 2.76 bits per heavy atom. The number of amides is 1. The lowest BCUT2D eigenvalue weighted by Crippen LogP contribution is -2.32. The van der Waals surface area contributed by atoms with Crippen LogP contribution in [0.1, 0.15) is 87.0 Å². The Balaban J connectivity index is 1.19. The molecular weight excluding hydrogens is 435 g/mol. The van der Waals surface area contributed by atoms with Gasteiger partial charge in [0.2, 0.25) is 11.8 Å². The second-order valence-corrected chi connectivity index (χ2v) is 9.35. The Morgan fingerprint density at radius 1 is 1.12 bits per heavy atom. The topological polar surface area (TPSA) is 89.9 Å². The zero-order valence-corrected chi connectivity index (χ0v) is 19.4. The fourth-order valence-corrected chi connectivity index (χ4v) is 4.12. The van der Waals surface area contributed by atoms with E-state index in [1.807, 2.05) is 30.5 Å². The number of aromatic nitrogens is 5. The van der Waals surface area contributed by atoms with Crippen molar-refractivity contribution in [1.29, 1.82) is 0 Å². The normalized spacial score (nSPS) is 15.6. The first-order valence-electron chi connectivity index (χ1n) is 12.4. The molecule has 5 rings (SSSR count). The van der Waals surface area contributed by atoms with Crippen molar-refractivity contribution in [2.75, 3.05) is 18.1 Å². The van der Waals surface area contributed by atoms with E-state index in [0.29, 0.717) is 24.3 Å². The molecule has 1 amide bonds. The maximum Gasteiger partial charge on any atom is 0.227 e. The summed E-state index contributed by atoms with van der Waals surface area (Å²) >= 11 is 0. The number of benzene rings is 1. The van der Waals surface area contributed by atoms with Gasteiger partial charge < -0.3 is 9.42 Å². The van der Waals surface area contributed by atoms with E-state index in [9.17, 15) is 9.18 Å². The first-order valence-corrected chi connectivity index (χ1v) is 12.4. The summed E-state index contributed by atoms with van der Waals surface area (Å²) in [5, 5.41) is 12.6. The quantitative estimate of drug-likeness (QED) is 0.333. The summed E-state index contributed by atoms with van der Waals surface area (Å²) < 4.78 is 19.8. The Morgan fingerprint density at radius 2 is 1.97 bits per heavy atom. The van der Waals surface area contributed by atoms with Gasteiger partial charge in [-0.2, -0.15) is 4.98 Å². The summed E-state index contributed by atoms with van der Waals surface area (Å²) in [6, 6.07) is 7.76. The van der Waals surface area contributed by atoms with E-state index < -0.39 is 6.67 Å². The smallest absolute Gasteiger partial charge is 0.227 e. The van der Waals surface area contributed by atoms with Crippen molar-refractivity contribution in [2.24, 2.45) is 0 Å². The van der Waals surface area contributed by atoms with E-state index in [2.05, 4.69) is 20.5 Å². The molecule has 0 radical (unpaired) electrons. The van der Waals surface area contributed by atoms with Crippen LogP contribution in [0.15, 0.2) is 35.0 Å². The van der Waals surface area contributed by atoms with Crippen LogP contribution in [0.4, 0.5) is 10.1 Å². The molecule has 0 atom stereocenters. The minimum atomic E-state index is -0.491. The highest BCUT2D eigenvalue weighted by molar-refractivity contribution is 5.93. The molecule has 180 valence electrons. The molecule has 2 fully saturated rings. The minimum Gasteiger partial charge on any atom is -0.339 e. The van der Waals surface area contributed by atoms with Crippen LogP contribution in [0.3, 0.4) is 0 Å². The van der Waals surface area contributed by atoms with Gasteiger partial charge in [-0.15, -0.1) is 5.10 Å². The van der Waals surface area contributed by atoms with Crippen molar-refractivity contribution in [3.05, 3.63) is 47.9 Å². The van der Waals surface area contributed by atoms with Crippen LogP contribution in [0.2, 0.25) is 0 Å². The standard InChI is InChI=1S/C25H31FN6O2/c26-14-5-9-24(33)31(15-3-1-2-8-23-27-25(29-34-23)19-12-13-19)20-6-4-7-21(16-20)32-17-22(28-30-32)18-10-11-18/h4,6-7,16-19H,1-3,5,8-15H2. The van der Waals surface area contributed by atoms with Crippen LogP contribution >= 0.6 is 0 Å². The number of halogens is 1. The SMILES string of the molecule is O=C(CCCF)N(CCCCCc1nc(C2CC2)no1)c1cccc(-n2cc(C3CC3)nn2)c1. The summed E-state index contributed by atoms with van der Waals surface area (Å²) in [6.07, 6.45) is 10.5. The number of aryl methyl sites for hydroxylation is 1. The van der Waals surface area contributed by atoms with Crippen LogP contribution < -0.4 is 4.90 Å². The monoisotopic (exact) mass is 466 g/mol. The number of unbranched alkanes of at least 4 members (excludes halogenated alkanes) is 2. The zero-order chi connectivity index (χ0) is 23.3. The van der Waals surface area contributed by atoms with E-state index in [-0.39, 0.29) is 18.7 Å². The number of carbonyl (C=O) groups excluding carboxylic acids is 1. The van der Waals surface area contributed by atoms with Crippen molar-refractivity contribution in [3.8, 4) is 5.69 Å². The summed E-state index contributed by atoms with van der Waals surface area (Å²) in [5.41, 5.74) is 2.69. The summed E-state index contributed by atoms with van der Waals surface area (Å²) in [4.78, 5) is 19.2. The Kier molecular flexibility index (Phi) is 6.97. The lowest BCUT2D eigenvalue weighted by Gasteiger charge is -2.23. The van der Waals surface area contributed by atoms with Crippen LogP contribution in [0, 0.1) is 0 Å². The lowest BCUT2D eigenvalue weighted by molar-refractivity contribution is -0.118. The largest absolute Gasteiger partial charge is 0.339 e. The third-order valence-corrected chi connectivity index (χ3v) is 6.44. The highest BCUT2D eigenvalue weighted by Gasteiger charge is 2.29. The van der Waals surface area contributed by atoms with Crippen molar-refractivity contribution in [3.63, 3.8) is 0 Å². The van der Waals surface area contributed by atoms with Gasteiger partial charge in [0.25, 0.3) is 0 Å². The summed E-state index contributed by atoms with van der Waals surface area (Å²) in [7, 11) is 0. The number of hydrogen-bond donors (Lipinski definition) is 0. The van der Waals surface area contributed by atoms with Crippen LogP contribution in [0.5, 0.6) is 0 Å². The van der Waals surface area contributed by atoms with Crippen molar-refractivity contribution in [2.45, 2.75) is 76.0 Å². The first-order chi connectivity index (χ1) is 16.7. The molecule has 34 heavy (non-hydrogen) atoms. The lowest BCUT2D eigenvalue weighted by atomic mass is 10.1. The van der Waals surface area contributed by atoms with Crippen LogP contribution in [0.25, 0.3) is 5.69 Å². The molecule has 0 N–H and O–H groups in total. The second-order valence-electron chi connectivity index (χ2n) is 9.35. The predicted molar refractivity (Wildman–Crippen MR) is 125 cm³/mol. The molecule has 1 aromatic carbocycles. The maximum absolute atomic E-state index is 12.9. The van der Waals surface area contributed by atoms with Gasteiger partial charge in [-0.1, -0.05) is 22.9 Å². The highest BCUT2D eigenvalue weighted by atomic mass is 19.1. The third-order valence-electron chi connectivity index (χ3n) is 6.44. The average Bonchev–Trinajstić information content (AvgIpc) is 3.80. The first kappa shape index (κ1) is 22.7. The fourth-order valence-electron chi connectivity index (χ4n) is 4.12. The van der Waals surface area contributed by atoms with Gasteiger partial charge in [0, 0.05) is 36.9 Å². The van der Waals surface area contributed by atoms with Crippen molar-refractivity contribution < 1.29 is 13.7 Å². The molecule has 2 aliphatic carbocycles. The van der Waals surface area contributed by atoms with E-state index in [4.69, 9.17) is 4.52 Å². The van der Waals surface area contributed by atoms with E-state index >= 15 is 0 Å². The molecule has 0 spiro atoms. The fraction of sp³-hybridized carbons (Fsp3) is 0.560. The minimum absolute atomic E-state index is 0.0574. The highest BCUT2D eigenvalue weighted by Crippen LogP contribution is 2.39. The molecule has 9 heteroatoms. The Bertz CT molecular complexity index is 1100. The molecule has 2 heterocycles.